The quantitative estimate of drug-likeness (QED) is 0.671. The second-order valence-corrected chi connectivity index (χ2v) is 5.88. The average Bonchev–Trinajstić information content (AvgIpc) is 2.57. The van der Waals surface area contributed by atoms with E-state index in [1.54, 1.807) is 14.0 Å². The Bertz CT molecular complexity index is 954. The number of para-hydroxylation sites is 1. The van der Waals surface area contributed by atoms with Gasteiger partial charge in [-0.25, -0.2) is 4.79 Å². The second kappa shape index (κ2) is 6.40. The van der Waals surface area contributed by atoms with Crippen molar-refractivity contribution in [2.24, 2.45) is 0 Å². The lowest BCUT2D eigenvalue weighted by molar-refractivity contribution is 0.299. The Labute approximate surface area is 140 Å². The van der Waals surface area contributed by atoms with Gasteiger partial charge in [-0.1, -0.05) is 18.2 Å². The third-order valence-electron chi connectivity index (χ3n) is 4.23. The molecule has 0 aliphatic heterocycles. The summed E-state index contributed by atoms with van der Waals surface area (Å²) in [7, 11) is 1.64. The van der Waals surface area contributed by atoms with Gasteiger partial charge < -0.3 is 13.9 Å². The predicted octanol–water partition coefficient (Wildman–Crippen LogP) is 4.31. The lowest BCUT2D eigenvalue weighted by Crippen LogP contribution is -2.07. The van der Waals surface area contributed by atoms with Crippen molar-refractivity contribution in [1.29, 1.82) is 0 Å². The van der Waals surface area contributed by atoms with E-state index in [1.165, 1.54) is 0 Å². The van der Waals surface area contributed by atoms with Crippen LogP contribution in [0.5, 0.6) is 11.5 Å². The SMILES string of the molecule is COc1ccccc1COc1cc(C)cc2oc(=O)c(C)c(C)c12. The highest BCUT2D eigenvalue weighted by Gasteiger charge is 2.14. The van der Waals surface area contributed by atoms with Crippen molar-refractivity contribution in [2.45, 2.75) is 27.4 Å². The minimum Gasteiger partial charge on any atom is -0.496 e. The van der Waals surface area contributed by atoms with Crippen molar-refractivity contribution >= 4 is 11.0 Å². The van der Waals surface area contributed by atoms with Gasteiger partial charge in [0.25, 0.3) is 0 Å². The number of hydrogen-bond acceptors (Lipinski definition) is 4. The van der Waals surface area contributed by atoms with E-state index in [0.29, 0.717) is 23.5 Å². The summed E-state index contributed by atoms with van der Waals surface area (Å²) < 4.78 is 16.9. The van der Waals surface area contributed by atoms with Crippen molar-refractivity contribution in [2.75, 3.05) is 7.11 Å². The topological polar surface area (TPSA) is 48.7 Å². The summed E-state index contributed by atoms with van der Waals surface area (Å²) in [6.45, 7) is 6.01. The van der Waals surface area contributed by atoms with Crippen LogP contribution < -0.4 is 15.1 Å². The molecule has 0 saturated carbocycles. The number of ether oxygens (including phenoxy) is 2. The molecule has 0 radical (unpaired) electrons. The van der Waals surface area contributed by atoms with Gasteiger partial charge in [-0.2, -0.15) is 0 Å². The molecule has 0 amide bonds. The van der Waals surface area contributed by atoms with E-state index in [4.69, 9.17) is 13.9 Å². The van der Waals surface area contributed by atoms with Gasteiger partial charge in [0.05, 0.1) is 12.5 Å². The van der Waals surface area contributed by atoms with E-state index in [9.17, 15) is 4.79 Å². The Balaban J connectivity index is 2.06. The first kappa shape index (κ1) is 16.1. The van der Waals surface area contributed by atoms with Crippen LogP contribution in [-0.4, -0.2) is 7.11 Å². The van der Waals surface area contributed by atoms with Crippen LogP contribution in [0, 0.1) is 20.8 Å². The van der Waals surface area contributed by atoms with Gasteiger partial charge in [0, 0.05) is 11.1 Å². The Morgan fingerprint density at radius 1 is 1.00 bits per heavy atom. The average molecular weight is 324 g/mol. The van der Waals surface area contributed by atoms with Crippen molar-refractivity contribution in [3.05, 3.63) is 69.1 Å². The van der Waals surface area contributed by atoms with E-state index in [2.05, 4.69) is 0 Å². The largest absolute Gasteiger partial charge is 0.496 e. The van der Waals surface area contributed by atoms with Crippen LogP contribution in [0.4, 0.5) is 0 Å². The lowest BCUT2D eigenvalue weighted by Gasteiger charge is -2.14. The molecule has 2 aromatic carbocycles. The molecule has 0 N–H and O–H groups in total. The Kier molecular flexibility index (Phi) is 4.30. The zero-order chi connectivity index (χ0) is 17.3. The van der Waals surface area contributed by atoms with Crippen LogP contribution in [0.1, 0.15) is 22.3 Å². The van der Waals surface area contributed by atoms with Crippen LogP contribution in [0.2, 0.25) is 0 Å². The molecule has 1 aromatic heterocycles. The fourth-order valence-electron chi connectivity index (χ4n) is 2.78. The van der Waals surface area contributed by atoms with E-state index in [0.717, 1.165) is 27.8 Å². The molecule has 1 heterocycles. The maximum atomic E-state index is 11.9. The summed E-state index contributed by atoms with van der Waals surface area (Å²) in [6, 6.07) is 11.6. The molecule has 0 spiro atoms. The number of hydrogen-bond donors (Lipinski definition) is 0. The van der Waals surface area contributed by atoms with E-state index in [1.807, 2.05) is 50.2 Å². The number of benzene rings is 2. The Morgan fingerprint density at radius 2 is 1.75 bits per heavy atom. The van der Waals surface area contributed by atoms with Crippen LogP contribution in [0.15, 0.2) is 45.6 Å². The maximum Gasteiger partial charge on any atom is 0.339 e. The van der Waals surface area contributed by atoms with Gasteiger partial charge in [0.15, 0.2) is 0 Å². The number of aryl methyl sites for hydroxylation is 2. The third kappa shape index (κ3) is 2.87. The first-order chi connectivity index (χ1) is 11.5. The minimum atomic E-state index is -0.304. The van der Waals surface area contributed by atoms with Crippen LogP contribution in [0.3, 0.4) is 0 Å². The first-order valence-electron chi connectivity index (χ1n) is 7.80. The number of rotatable bonds is 4. The van der Waals surface area contributed by atoms with Crippen molar-refractivity contribution < 1.29 is 13.9 Å². The van der Waals surface area contributed by atoms with Gasteiger partial charge in [-0.15, -0.1) is 0 Å². The zero-order valence-electron chi connectivity index (χ0n) is 14.3. The molecule has 0 fully saturated rings. The van der Waals surface area contributed by atoms with Crippen molar-refractivity contribution in [3.63, 3.8) is 0 Å². The summed E-state index contributed by atoms with van der Waals surface area (Å²) >= 11 is 0. The van der Waals surface area contributed by atoms with Gasteiger partial charge in [0.2, 0.25) is 0 Å². The van der Waals surface area contributed by atoms with Gasteiger partial charge in [-0.05, 0) is 50.1 Å². The highest BCUT2D eigenvalue weighted by molar-refractivity contribution is 5.88. The molecular weight excluding hydrogens is 304 g/mol. The molecule has 0 unspecified atom stereocenters. The molecule has 4 heteroatoms. The molecule has 0 aliphatic carbocycles. The number of fused-ring (bicyclic) bond motifs is 1. The first-order valence-corrected chi connectivity index (χ1v) is 7.80. The molecule has 0 atom stereocenters. The fourth-order valence-corrected chi connectivity index (χ4v) is 2.78. The summed E-state index contributed by atoms with van der Waals surface area (Å²) in [6.07, 6.45) is 0. The molecule has 0 saturated heterocycles. The zero-order valence-corrected chi connectivity index (χ0v) is 14.3. The third-order valence-corrected chi connectivity index (χ3v) is 4.23. The molecule has 4 nitrogen and oxygen atoms in total. The van der Waals surface area contributed by atoms with Crippen LogP contribution in [0.25, 0.3) is 11.0 Å². The minimum absolute atomic E-state index is 0.304. The van der Waals surface area contributed by atoms with Gasteiger partial charge in [0.1, 0.15) is 23.7 Å². The normalized spacial score (nSPS) is 10.8. The summed E-state index contributed by atoms with van der Waals surface area (Å²) in [5.41, 5.74) is 3.68. The van der Waals surface area contributed by atoms with Gasteiger partial charge >= 0.3 is 5.63 Å². The number of methoxy groups -OCH3 is 1. The lowest BCUT2D eigenvalue weighted by atomic mass is 10.0. The van der Waals surface area contributed by atoms with Crippen LogP contribution in [-0.2, 0) is 6.61 Å². The maximum absolute atomic E-state index is 11.9. The summed E-state index contributed by atoms with van der Waals surface area (Å²) in [4.78, 5) is 11.9. The molecule has 124 valence electrons. The Morgan fingerprint density at radius 3 is 2.50 bits per heavy atom. The molecule has 0 bridgehead atoms. The highest BCUT2D eigenvalue weighted by atomic mass is 16.5. The molecule has 24 heavy (non-hydrogen) atoms. The smallest absolute Gasteiger partial charge is 0.339 e. The van der Waals surface area contributed by atoms with Crippen molar-refractivity contribution in [3.8, 4) is 11.5 Å². The monoisotopic (exact) mass is 324 g/mol. The standard InChI is InChI=1S/C20H20O4/c1-12-9-17(23-11-15-7-5-6-8-16(15)22-4)19-13(2)14(3)20(21)24-18(19)10-12/h5-10H,11H2,1-4H3. The van der Waals surface area contributed by atoms with E-state index < -0.39 is 0 Å². The molecule has 3 rings (SSSR count). The second-order valence-electron chi connectivity index (χ2n) is 5.88. The van der Waals surface area contributed by atoms with Crippen molar-refractivity contribution in [1.82, 2.24) is 0 Å². The molecular formula is C20H20O4. The summed E-state index contributed by atoms with van der Waals surface area (Å²) in [5, 5.41) is 0.840. The molecule has 3 aromatic rings. The van der Waals surface area contributed by atoms with Crippen LogP contribution >= 0.6 is 0 Å². The fraction of sp³-hybridized carbons (Fsp3) is 0.250. The van der Waals surface area contributed by atoms with E-state index in [-0.39, 0.29) is 5.63 Å². The van der Waals surface area contributed by atoms with Gasteiger partial charge in [-0.3, -0.25) is 0 Å². The van der Waals surface area contributed by atoms with E-state index >= 15 is 0 Å². The molecule has 0 aliphatic rings. The summed E-state index contributed by atoms with van der Waals surface area (Å²) in [5.74, 6) is 1.49. The highest BCUT2D eigenvalue weighted by Crippen LogP contribution is 2.32. The Hall–Kier alpha value is -2.75. The predicted molar refractivity (Wildman–Crippen MR) is 94.0 cm³/mol.